The fourth-order valence-corrected chi connectivity index (χ4v) is 8.40. The van der Waals surface area contributed by atoms with Crippen LogP contribution in [0.25, 0.3) is 0 Å². The van der Waals surface area contributed by atoms with E-state index in [1.54, 1.807) is 18.2 Å². The molecule has 0 saturated heterocycles. The molecule has 18 nitrogen and oxygen atoms in total. The molecular formula is C57H78N12O6. The van der Waals surface area contributed by atoms with E-state index in [9.17, 15) is 29.7 Å². The van der Waals surface area contributed by atoms with Crippen LogP contribution in [0, 0.1) is 0 Å². The van der Waals surface area contributed by atoms with Crippen molar-refractivity contribution in [3.63, 3.8) is 0 Å². The summed E-state index contributed by atoms with van der Waals surface area (Å²) in [6.07, 6.45) is 9.71. The van der Waals surface area contributed by atoms with Gasteiger partial charge in [0.2, 0.25) is 0 Å². The maximum absolute atomic E-state index is 11.9. The lowest BCUT2D eigenvalue weighted by Gasteiger charge is -2.30. The SMILES string of the molecule is CC.CC.CC.O=C(NCC(O)CN1CCc2ccccc2C1)c1ccncn1.O=C(NC[C@@H](O)CN1CCc2ccccc2C1)c1ccncn1.O=C(NC[C@H](O)CN1CCc2ccccc2C1)c1ccncn1. The summed E-state index contributed by atoms with van der Waals surface area (Å²) >= 11 is 0. The van der Waals surface area contributed by atoms with Crippen molar-refractivity contribution in [1.29, 1.82) is 0 Å². The van der Waals surface area contributed by atoms with Crippen LogP contribution in [0.1, 0.15) is 106 Å². The zero-order valence-electron chi connectivity index (χ0n) is 44.6. The lowest BCUT2D eigenvalue weighted by atomic mass is 10.00. The van der Waals surface area contributed by atoms with Gasteiger partial charge in [0, 0.05) is 97.1 Å². The number of nitrogens with zero attached hydrogens (tertiary/aromatic N) is 9. The first kappa shape index (κ1) is 60.6. The van der Waals surface area contributed by atoms with Gasteiger partial charge in [-0.05, 0) is 70.8 Å². The topological polar surface area (TPSA) is 235 Å². The molecule has 3 aliphatic heterocycles. The van der Waals surface area contributed by atoms with Gasteiger partial charge in [-0.2, -0.15) is 0 Å². The van der Waals surface area contributed by atoms with Gasteiger partial charge in [-0.3, -0.25) is 29.1 Å². The van der Waals surface area contributed by atoms with Crippen molar-refractivity contribution in [1.82, 2.24) is 60.6 Å². The number of aliphatic hydroxyl groups excluding tert-OH is 3. The number of β-amino-alcohol motifs (C(OH)–C–C–N with tert-alkyl or cyclic N) is 3. The summed E-state index contributed by atoms with van der Waals surface area (Å²) in [4.78, 5) is 65.2. The Balaban J connectivity index is 0.000000231. The number of hydrogen-bond donors (Lipinski definition) is 6. The average molecular weight is 1030 g/mol. The highest BCUT2D eigenvalue weighted by Gasteiger charge is 2.22. The maximum atomic E-state index is 11.9. The normalized spacial score (nSPS) is 14.7. The zero-order chi connectivity index (χ0) is 54.2. The van der Waals surface area contributed by atoms with E-state index in [-0.39, 0.29) is 37.4 Å². The third-order valence-electron chi connectivity index (χ3n) is 12.0. The predicted octanol–water partition coefficient (Wildman–Crippen LogP) is 4.96. The zero-order valence-corrected chi connectivity index (χ0v) is 44.6. The van der Waals surface area contributed by atoms with Crippen LogP contribution in [0.5, 0.6) is 0 Å². The molecule has 18 heteroatoms. The minimum Gasteiger partial charge on any atom is -0.390 e. The molecule has 3 amide bonds. The number of fused-ring (bicyclic) bond motifs is 3. The Hall–Kier alpha value is -6.93. The monoisotopic (exact) mass is 1030 g/mol. The van der Waals surface area contributed by atoms with Gasteiger partial charge in [0.05, 0.1) is 18.3 Å². The summed E-state index contributed by atoms with van der Waals surface area (Å²) in [5, 5.41) is 38.6. The van der Waals surface area contributed by atoms with E-state index in [2.05, 4.69) is 115 Å². The smallest absolute Gasteiger partial charge is 0.270 e. The summed E-state index contributed by atoms with van der Waals surface area (Å²) in [5.41, 5.74) is 9.01. The van der Waals surface area contributed by atoms with Gasteiger partial charge in [0.25, 0.3) is 17.7 Å². The number of aliphatic hydroxyl groups is 3. The van der Waals surface area contributed by atoms with Crippen molar-refractivity contribution in [3.05, 3.63) is 179 Å². The minimum absolute atomic E-state index is 0.209. The first-order chi connectivity index (χ1) is 36.7. The van der Waals surface area contributed by atoms with Crippen molar-refractivity contribution in [2.75, 3.05) is 58.9 Å². The van der Waals surface area contributed by atoms with Crippen LogP contribution in [-0.4, -0.2) is 155 Å². The Kier molecular flexibility index (Phi) is 27.9. The van der Waals surface area contributed by atoms with Crippen LogP contribution in [0.3, 0.4) is 0 Å². The number of carbonyl (C=O) groups is 3. The van der Waals surface area contributed by atoms with Crippen LogP contribution in [0.15, 0.2) is 129 Å². The molecule has 9 rings (SSSR count). The second-order valence-corrected chi connectivity index (χ2v) is 17.1. The molecule has 0 bridgehead atoms. The van der Waals surface area contributed by atoms with Crippen molar-refractivity contribution in [2.24, 2.45) is 0 Å². The molecule has 3 atom stereocenters. The summed E-state index contributed by atoms with van der Waals surface area (Å²) < 4.78 is 0. The average Bonchev–Trinajstić information content (AvgIpc) is 3.47. The summed E-state index contributed by atoms with van der Waals surface area (Å²) in [6.45, 7) is 19.5. The number of benzene rings is 3. The number of amides is 3. The number of hydrogen-bond acceptors (Lipinski definition) is 15. The fraction of sp³-hybridized carbons (Fsp3) is 0.421. The highest BCUT2D eigenvalue weighted by Crippen LogP contribution is 2.21. The van der Waals surface area contributed by atoms with Crippen molar-refractivity contribution < 1.29 is 29.7 Å². The molecule has 6 heterocycles. The Labute approximate surface area is 443 Å². The van der Waals surface area contributed by atoms with Crippen molar-refractivity contribution in [2.45, 2.75) is 98.8 Å². The van der Waals surface area contributed by atoms with E-state index < -0.39 is 18.3 Å². The number of aromatic nitrogens is 6. The molecule has 0 radical (unpaired) electrons. The molecule has 0 spiro atoms. The van der Waals surface area contributed by atoms with E-state index in [0.29, 0.717) is 36.7 Å². The number of nitrogens with one attached hydrogen (secondary N) is 3. The maximum Gasteiger partial charge on any atom is 0.270 e. The fourth-order valence-electron chi connectivity index (χ4n) is 8.40. The van der Waals surface area contributed by atoms with Crippen LogP contribution in [0.2, 0.25) is 0 Å². The van der Waals surface area contributed by atoms with Crippen LogP contribution in [0.4, 0.5) is 0 Å². The Morgan fingerprint density at radius 2 is 0.680 bits per heavy atom. The van der Waals surface area contributed by atoms with E-state index in [1.807, 2.05) is 59.7 Å². The molecule has 0 fully saturated rings. The summed E-state index contributed by atoms with van der Waals surface area (Å²) in [6, 6.07) is 29.8. The summed E-state index contributed by atoms with van der Waals surface area (Å²) in [5.74, 6) is -0.888. The number of carbonyl (C=O) groups excluding carboxylic acids is 3. The minimum atomic E-state index is -0.606. The quantitative estimate of drug-likeness (QED) is 0.0799. The molecular weight excluding hydrogens is 949 g/mol. The lowest BCUT2D eigenvalue weighted by Crippen LogP contribution is -2.42. The molecule has 3 aliphatic rings. The van der Waals surface area contributed by atoms with Gasteiger partial charge < -0.3 is 31.3 Å². The Morgan fingerprint density at radius 1 is 0.427 bits per heavy atom. The summed E-state index contributed by atoms with van der Waals surface area (Å²) in [7, 11) is 0. The van der Waals surface area contributed by atoms with E-state index in [4.69, 9.17) is 0 Å². The molecule has 6 N–H and O–H groups in total. The van der Waals surface area contributed by atoms with Crippen LogP contribution >= 0.6 is 0 Å². The van der Waals surface area contributed by atoms with Gasteiger partial charge in [-0.15, -0.1) is 0 Å². The molecule has 1 unspecified atom stereocenters. The second kappa shape index (κ2) is 34.5. The standard InChI is InChI=1S/3C17H20N4O2.3C2H6/c3*22-15(9-19-17(23)16-5-7-18-12-20-16)11-21-8-6-13-3-1-2-4-14(13)10-21;3*1-2/h3*1-5,7,12,15,22H,6,8-11H2,(H,19,23);3*1-2H3/t2*15-;;;;/m10..../s1. The Morgan fingerprint density at radius 3 is 0.920 bits per heavy atom. The van der Waals surface area contributed by atoms with Crippen LogP contribution < -0.4 is 16.0 Å². The third kappa shape index (κ3) is 21.1. The van der Waals surface area contributed by atoms with Gasteiger partial charge >= 0.3 is 0 Å². The van der Waals surface area contributed by atoms with Gasteiger partial charge in [0.1, 0.15) is 36.1 Å². The van der Waals surface area contributed by atoms with Gasteiger partial charge in [-0.1, -0.05) is 114 Å². The van der Waals surface area contributed by atoms with Gasteiger partial charge in [-0.25, -0.2) is 29.9 Å². The molecule has 75 heavy (non-hydrogen) atoms. The molecule has 0 saturated carbocycles. The molecule has 402 valence electrons. The highest BCUT2D eigenvalue weighted by atomic mass is 16.3. The molecule has 3 aromatic carbocycles. The number of rotatable bonds is 15. The predicted molar refractivity (Wildman–Crippen MR) is 291 cm³/mol. The third-order valence-corrected chi connectivity index (χ3v) is 12.0. The van der Waals surface area contributed by atoms with Gasteiger partial charge in [0.15, 0.2) is 0 Å². The lowest BCUT2D eigenvalue weighted by molar-refractivity contribution is 0.0835. The molecule has 0 aliphatic carbocycles. The first-order valence-corrected chi connectivity index (χ1v) is 26.2. The molecule has 3 aromatic heterocycles. The second-order valence-electron chi connectivity index (χ2n) is 17.1. The van der Waals surface area contributed by atoms with Crippen molar-refractivity contribution >= 4 is 17.7 Å². The van der Waals surface area contributed by atoms with Crippen molar-refractivity contribution in [3.8, 4) is 0 Å². The Bertz CT molecular complexity index is 2270. The highest BCUT2D eigenvalue weighted by molar-refractivity contribution is 5.93. The van der Waals surface area contributed by atoms with E-state index in [0.717, 1.165) is 58.5 Å². The molecule has 6 aromatic rings. The van der Waals surface area contributed by atoms with E-state index in [1.165, 1.54) is 71.0 Å². The first-order valence-electron chi connectivity index (χ1n) is 26.2. The largest absolute Gasteiger partial charge is 0.390 e. The van der Waals surface area contributed by atoms with Crippen LogP contribution in [-0.2, 0) is 38.9 Å². The van der Waals surface area contributed by atoms with E-state index >= 15 is 0 Å².